The van der Waals surface area contributed by atoms with Gasteiger partial charge >= 0.3 is 0 Å². The average Bonchev–Trinajstić information content (AvgIpc) is 3.00. The van der Waals surface area contributed by atoms with Gasteiger partial charge in [-0.1, -0.05) is 64.7 Å². The molecule has 2 fully saturated rings. The topological polar surface area (TPSA) is 109 Å². The molecule has 2 aliphatic heterocycles. The predicted octanol–water partition coefficient (Wildman–Crippen LogP) is 1.84. The molecule has 0 spiro atoms. The Balaban J connectivity index is 1.68. The number of fused-ring (bicyclic) bond motifs is 1. The lowest BCUT2D eigenvalue weighted by Gasteiger charge is -2.50. The zero-order valence-corrected chi connectivity index (χ0v) is 16.6. The largest absolute Gasteiger partial charge is 0.394 e. The van der Waals surface area contributed by atoms with Crippen LogP contribution in [0.2, 0.25) is 0 Å². The molecule has 2 aliphatic rings. The van der Waals surface area contributed by atoms with Crippen LogP contribution in [0.4, 0.5) is 0 Å². The molecule has 160 valence electrons. The standard InChI is InChI=1S/C20H38O7/c1-2-3-4-5-6-7-8-9-10-11-13-25-19-12-14-26-20(19,24)18(23)17(22)16(15-21)27-19/h16-18,21-24H,2-15H2,1H3/t16-,17-,18+,19?,20+/m1/s1. The summed E-state index contributed by atoms with van der Waals surface area (Å²) in [5.74, 6) is -3.66. The Morgan fingerprint density at radius 1 is 0.963 bits per heavy atom. The molecular weight excluding hydrogens is 352 g/mol. The third kappa shape index (κ3) is 5.41. The molecule has 2 heterocycles. The van der Waals surface area contributed by atoms with Crippen molar-refractivity contribution in [3.8, 4) is 0 Å². The summed E-state index contributed by atoms with van der Waals surface area (Å²) in [6.45, 7) is 2.27. The lowest BCUT2D eigenvalue weighted by molar-refractivity contribution is -0.437. The number of hydrogen-bond acceptors (Lipinski definition) is 7. The van der Waals surface area contributed by atoms with E-state index in [0.29, 0.717) is 6.61 Å². The van der Waals surface area contributed by atoms with E-state index in [4.69, 9.17) is 14.2 Å². The zero-order chi connectivity index (χ0) is 19.8. The first-order valence-electron chi connectivity index (χ1n) is 10.7. The van der Waals surface area contributed by atoms with E-state index in [1.807, 2.05) is 0 Å². The Kier molecular flexibility index (Phi) is 9.41. The SMILES string of the molecule is CCCCCCCCCCCCOC12CCO[C@@]1(O)[C@@H](O)[C@H](O)[C@@H](CO)O2. The van der Waals surface area contributed by atoms with Gasteiger partial charge in [-0.15, -0.1) is 0 Å². The fourth-order valence-corrected chi connectivity index (χ4v) is 4.01. The molecule has 0 saturated carbocycles. The van der Waals surface area contributed by atoms with Crippen molar-refractivity contribution in [1.29, 1.82) is 0 Å². The first kappa shape index (κ1) is 23.0. The molecule has 0 aromatic heterocycles. The van der Waals surface area contributed by atoms with Crippen molar-refractivity contribution in [3.05, 3.63) is 0 Å². The van der Waals surface area contributed by atoms with Crippen LogP contribution in [0.15, 0.2) is 0 Å². The molecule has 5 atom stereocenters. The minimum Gasteiger partial charge on any atom is -0.394 e. The monoisotopic (exact) mass is 390 g/mol. The second kappa shape index (κ2) is 11.0. The first-order valence-corrected chi connectivity index (χ1v) is 10.7. The molecule has 7 heteroatoms. The number of unbranched alkanes of at least 4 members (excludes halogenated alkanes) is 9. The predicted molar refractivity (Wildman–Crippen MR) is 100 cm³/mol. The van der Waals surface area contributed by atoms with E-state index in [0.717, 1.165) is 19.3 Å². The summed E-state index contributed by atoms with van der Waals surface area (Å²) in [4.78, 5) is 0. The van der Waals surface area contributed by atoms with Crippen LogP contribution < -0.4 is 0 Å². The summed E-state index contributed by atoms with van der Waals surface area (Å²) in [7, 11) is 0. The van der Waals surface area contributed by atoms with Gasteiger partial charge in [0.1, 0.15) is 18.3 Å². The van der Waals surface area contributed by atoms with Gasteiger partial charge in [-0.05, 0) is 6.42 Å². The summed E-state index contributed by atoms with van der Waals surface area (Å²) < 4.78 is 16.8. The fraction of sp³-hybridized carbons (Fsp3) is 1.00. The number of rotatable bonds is 13. The molecule has 0 bridgehead atoms. The Bertz CT molecular complexity index is 421. The molecule has 1 unspecified atom stereocenters. The molecule has 0 aromatic carbocycles. The summed E-state index contributed by atoms with van der Waals surface area (Å²) in [5, 5.41) is 40.3. The van der Waals surface area contributed by atoms with Crippen molar-refractivity contribution >= 4 is 0 Å². The molecule has 0 aromatic rings. The quantitative estimate of drug-likeness (QED) is 0.355. The van der Waals surface area contributed by atoms with Gasteiger partial charge in [0.05, 0.1) is 19.8 Å². The molecule has 0 radical (unpaired) electrons. The van der Waals surface area contributed by atoms with Crippen LogP contribution in [0, 0.1) is 0 Å². The lowest BCUT2D eigenvalue weighted by atomic mass is 9.89. The minimum atomic E-state index is -2.11. The Morgan fingerprint density at radius 2 is 1.56 bits per heavy atom. The highest BCUT2D eigenvalue weighted by atomic mass is 16.8. The smallest absolute Gasteiger partial charge is 0.251 e. The van der Waals surface area contributed by atoms with Gasteiger partial charge in [-0.3, -0.25) is 0 Å². The Morgan fingerprint density at radius 3 is 2.15 bits per heavy atom. The maximum Gasteiger partial charge on any atom is 0.251 e. The van der Waals surface area contributed by atoms with E-state index in [9.17, 15) is 20.4 Å². The van der Waals surface area contributed by atoms with Crippen LogP contribution in [0.25, 0.3) is 0 Å². The first-order chi connectivity index (χ1) is 13.0. The molecule has 0 amide bonds. The molecule has 4 N–H and O–H groups in total. The van der Waals surface area contributed by atoms with Gasteiger partial charge in [0.25, 0.3) is 5.79 Å². The molecule has 0 aliphatic carbocycles. The van der Waals surface area contributed by atoms with E-state index in [2.05, 4.69) is 6.92 Å². The third-order valence-corrected chi connectivity index (χ3v) is 5.76. The molecular formula is C20H38O7. The van der Waals surface area contributed by atoms with Gasteiger partial charge in [-0.2, -0.15) is 0 Å². The van der Waals surface area contributed by atoms with Crippen LogP contribution in [0.5, 0.6) is 0 Å². The highest BCUT2D eigenvalue weighted by Crippen LogP contribution is 2.46. The Labute approximate surface area is 162 Å². The maximum absolute atomic E-state index is 10.7. The Hall–Kier alpha value is -0.280. The van der Waals surface area contributed by atoms with Crippen molar-refractivity contribution in [2.45, 2.75) is 107 Å². The molecule has 2 saturated heterocycles. The summed E-state index contributed by atoms with van der Waals surface area (Å²) in [5.41, 5.74) is 0. The van der Waals surface area contributed by atoms with Gasteiger partial charge in [-0.25, -0.2) is 0 Å². The number of ether oxygens (including phenoxy) is 3. The van der Waals surface area contributed by atoms with Crippen LogP contribution in [0.1, 0.15) is 77.6 Å². The second-order valence-electron chi connectivity index (χ2n) is 7.85. The molecule has 27 heavy (non-hydrogen) atoms. The maximum atomic E-state index is 10.7. The van der Waals surface area contributed by atoms with Gasteiger partial charge < -0.3 is 34.6 Å². The van der Waals surface area contributed by atoms with Crippen LogP contribution in [-0.4, -0.2) is 70.1 Å². The highest BCUT2D eigenvalue weighted by Gasteiger charge is 2.68. The number of aliphatic hydroxyl groups is 4. The van der Waals surface area contributed by atoms with E-state index in [-0.39, 0.29) is 13.0 Å². The van der Waals surface area contributed by atoms with Crippen LogP contribution in [0.3, 0.4) is 0 Å². The summed E-state index contributed by atoms with van der Waals surface area (Å²) >= 11 is 0. The summed E-state index contributed by atoms with van der Waals surface area (Å²) in [6.07, 6.45) is 8.25. The zero-order valence-electron chi connectivity index (χ0n) is 16.6. The van der Waals surface area contributed by atoms with Crippen LogP contribution >= 0.6 is 0 Å². The fourth-order valence-electron chi connectivity index (χ4n) is 4.01. The highest BCUT2D eigenvalue weighted by molar-refractivity contribution is 5.06. The average molecular weight is 391 g/mol. The van der Waals surface area contributed by atoms with E-state index in [1.165, 1.54) is 44.9 Å². The van der Waals surface area contributed by atoms with Gasteiger partial charge in [0, 0.05) is 6.42 Å². The van der Waals surface area contributed by atoms with Gasteiger partial charge in [0.2, 0.25) is 5.79 Å². The number of aliphatic hydroxyl groups excluding tert-OH is 3. The summed E-state index contributed by atoms with van der Waals surface area (Å²) in [6, 6.07) is 0. The van der Waals surface area contributed by atoms with Gasteiger partial charge in [0.15, 0.2) is 0 Å². The third-order valence-electron chi connectivity index (χ3n) is 5.76. The van der Waals surface area contributed by atoms with E-state index < -0.39 is 36.5 Å². The van der Waals surface area contributed by atoms with Crippen molar-refractivity contribution in [3.63, 3.8) is 0 Å². The normalized spacial score (nSPS) is 36.1. The number of hydrogen-bond donors (Lipinski definition) is 4. The minimum absolute atomic E-state index is 0.149. The van der Waals surface area contributed by atoms with Crippen molar-refractivity contribution in [2.24, 2.45) is 0 Å². The van der Waals surface area contributed by atoms with E-state index >= 15 is 0 Å². The molecule has 7 nitrogen and oxygen atoms in total. The van der Waals surface area contributed by atoms with Crippen molar-refractivity contribution in [2.75, 3.05) is 19.8 Å². The second-order valence-corrected chi connectivity index (χ2v) is 7.85. The van der Waals surface area contributed by atoms with E-state index in [1.54, 1.807) is 0 Å². The molecule has 2 rings (SSSR count). The van der Waals surface area contributed by atoms with Crippen molar-refractivity contribution in [1.82, 2.24) is 0 Å². The van der Waals surface area contributed by atoms with Crippen LogP contribution in [-0.2, 0) is 14.2 Å². The van der Waals surface area contributed by atoms with Crippen molar-refractivity contribution < 1.29 is 34.6 Å². The lowest BCUT2D eigenvalue weighted by Crippen LogP contribution is -2.72.